The Morgan fingerprint density at radius 1 is 1.20 bits per heavy atom. The van der Waals surface area contributed by atoms with Crippen molar-refractivity contribution in [2.24, 2.45) is 0 Å². The second-order valence-electron chi connectivity index (χ2n) is 7.59. The zero-order valence-corrected chi connectivity index (χ0v) is 17.7. The number of aryl methyl sites for hydroxylation is 2. The van der Waals surface area contributed by atoms with Crippen LogP contribution in [0.4, 0.5) is 23.5 Å². The first-order valence-electron chi connectivity index (χ1n) is 13.0. The van der Waals surface area contributed by atoms with Gasteiger partial charge in [-0.05, 0) is 42.5 Å². The standard InChI is InChI=1S/C24H21F4N5O2/c1-12-6-7-15(14-8-9-33-17(10-14)31-23(29)32-33)20(26)18(12)22(35)30-11-24(27,28)21(34)16-5-3-4-13(2)19(16)25/h3-10,21,34H,11H2,1-2H3,(H2,29,32)(H,30,35)/i1D3,2D3. The topological polar surface area (TPSA) is 106 Å². The van der Waals surface area contributed by atoms with E-state index in [9.17, 15) is 23.1 Å². The van der Waals surface area contributed by atoms with E-state index in [0.717, 1.165) is 30.3 Å². The molecule has 0 aliphatic rings. The Labute approximate surface area is 205 Å². The summed E-state index contributed by atoms with van der Waals surface area (Å²) in [6.07, 6.45) is -1.53. The first kappa shape index (κ1) is 17.4. The van der Waals surface area contributed by atoms with Gasteiger partial charge in [-0.2, -0.15) is 4.98 Å². The van der Waals surface area contributed by atoms with Crippen molar-refractivity contribution in [3.63, 3.8) is 0 Å². The van der Waals surface area contributed by atoms with E-state index in [1.54, 1.807) is 5.32 Å². The number of halogens is 4. The number of carbonyl (C=O) groups excluding carboxylic acids is 1. The van der Waals surface area contributed by atoms with Crippen LogP contribution in [0.5, 0.6) is 0 Å². The SMILES string of the molecule is [2H]C([2H])([2H])c1cccc(C(O)C(F)(F)CNC(=O)c2c(C([2H])([2H])[2H])ccc(-c3ccn4nc(N)nc4c3)c2F)c1F. The maximum atomic E-state index is 15.7. The number of nitrogen functional groups attached to an aromatic ring is 1. The third-order valence-corrected chi connectivity index (χ3v) is 5.24. The number of benzene rings is 2. The number of anilines is 1. The molecule has 2 aromatic heterocycles. The Kier molecular flexibility index (Phi) is 4.48. The Morgan fingerprint density at radius 3 is 2.71 bits per heavy atom. The van der Waals surface area contributed by atoms with Gasteiger partial charge in [0.15, 0.2) is 5.65 Å². The van der Waals surface area contributed by atoms with Crippen LogP contribution in [0.1, 0.15) is 41.4 Å². The van der Waals surface area contributed by atoms with Crippen LogP contribution >= 0.6 is 0 Å². The van der Waals surface area contributed by atoms with Crippen LogP contribution in [-0.4, -0.2) is 38.1 Å². The highest BCUT2D eigenvalue weighted by atomic mass is 19.3. The molecule has 4 N–H and O–H groups in total. The monoisotopic (exact) mass is 493 g/mol. The average molecular weight is 493 g/mol. The largest absolute Gasteiger partial charge is 0.382 e. The van der Waals surface area contributed by atoms with Crippen LogP contribution in [0.3, 0.4) is 0 Å². The molecular formula is C24H21F4N5O2. The third kappa shape index (κ3) is 4.54. The number of aliphatic hydroxyl groups is 1. The molecule has 0 spiro atoms. The van der Waals surface area contributed by atoms with Crippen molar-refractivity contribution in [2.75, 3.05) is 12.3 Å². The van der Waals surface area contributed by atoms with Gasteiger partial charge in [0.1, 0.15) is 17.7 Å². The minimum absolute atomic E-state index is 0.0754. The Morgan fingerprint density at radius 2 is 1.97 bits per heavy atom. The van der Waals surface area contributed by atoms with Gasteiger partial charge < -0.3 is 16.2 Å². The molecule has 182 valence electrons. The lowest BCUT2D eigenvalue weighted by molar-refractivity contribution is -0.107. The summed E-state index contributed by atoms with van der Waals surface area (Å²) in [6, 6.07) is 7.34. The molecule has 1 amide bonds. The third-order valence-electron chi connectivity index (χ3n) is 5.24. The molecule has 0 saturated heterocycles. The molecule has 0 radical (unpaired) electrons. The molecule has 0 bridgehead atoms. The molecule has 4 aromatic rings. The number of carbonyl (C=O) groups is 1. The number of alkyl halides is 2. The second-order valence-corrected chi connectivity index (χ2v) is 7.59. The lowest BCUT2D eigenvalue weighted by atomic mass is 9.98. The number of amides is 1. The number of hydrogen-bond donors (Lipinski definition) is 3. The summed E-state index contributed by atoms with van der Waals surface area (Å²) in [6.45, 7) is -7.71. The molecule has 11 heteroatoms. The van der Waals surface area contributed by atoms with E-state index < -0.39 is 72.1 Å². The van der Waals surface area contributed by atoms with Crippen molar-refractivity contribution in [1.82, 2.24) is 19.9 Å². The number of fused-ring (bicyclic) bond motifs is 1. The number of pyridine rings is 1. The molecule has 2 aromatic carbocycles. The van der Waals surface area contributed by atoms with Gasteiger partial charge in [-0.3, -0.25) is 4.79 Å². The van der Waals surface area contributed by atoms with Gasteiger partial charge in [0, 0.05) is 25.5 Å². The van der Waals surface area contributed by atoms with E-state index >= 15 is 4.39 Å². The van der Waals surface area contributed by atoms with Crippen LogP contribution in [-0.2, 0) is 0 Å². The quantitative estimate of drug-likeness (QED) is 0.353. The highest BCUT2D eigenvalue weighted by Gasteiger charge is 2.41. The molecule has 2 heterocycles. The van der Waals surface area contributed by atoms with E-state index in [2.05, 4.69) is 10.1 Å². The molecule has 0 saturated carbocycles. The fraction of sp³-hybridized carbons (Fsp3) is 0.208. The van der Waals surface area contributed by atoms with Gasteiger partial charge in [0.05, 0.1) is 12.1 Å². The zero-order valence-electron chi connectivity index (χ0n) is 23.7. The Balaban J connectivity index is 1.67. The average Bonchev–Trinajstić information content (AvgIpc) is 3.24. The van der Waals surface area contributed by atoms with Gasteiger partial charge in [-0.1, -0.05) is 30.3 Å². The number of nitrogens with zero attached hydrogens (tertiary/aromatic N) is 3. The van der Waals surface area contributed by atoms with Crippen molar-refractivity contribution in [2.45, 2.75) is 25.7 Å². The summed E-state index contributed by atoms with van der Waals surface area (Å²) in [4.78, 5) is 16.9. The van der Waals surface area contributed by atoms with Gasteiger partial charge in [0.25, 0.3) is 11.8 Å². The smallest absolute Gasteiger partial charge is 0.294 e. The van der Waals surface area contributed by atoms with Crippen molar-refractivity contribution < 1.29 is 35.7 Å². The zero-order chi connectivity index (χ0) is 30.5. The van der Waals surface area contributed by atoms with E-state index in [4.69, 9.17) is 14.0 Å². The number of rotatable bonds is 6. The molecule has 1 unspecified atom stereocenters. The maximum Gasteiger partial charge on any atom is 0.294 e. The van der Waals surface area contributed by atoms with E-state index in [-0.39, 0.29) is 22.7 Å². The molecule has 35 heavy (non-hydrogen) atoms. The molecule has 7 nitrogen and oxygen atoms in total. The molecule has 0 fully saturated rings. The van der Waals surface area contributed by atoms with E-state index in [1.807, 2.05) is 0 Å². The Hall–Kier alpha value is -3.99. The molecule has 1 atom stereocenters. The number of nitrogens with one attached hydrogen (secondary N) is 1. The first-order chi connectivity index (χ1) is 18.9. The molecular weight excluding hydrogens is 466 g/mol. The summed E-state index contributed by atoms with van der Waals surface area (Å²) in [7, 11) is 0. The summed E-state index contributed by atoms with van der Waals surface area (Å²) in [5.41, 5.74) is 1.85. The van der Waals surface area contributed by atoms with Crippen LogP contribution in [0.25, 0.3) is 16.8 Å². The number of hydrogen-bond acceptors (Lipinski definition) is 5. The molecule has 0 aliphatic heterocycles. The number of nitrogens with two attached hydrogens (primary N) is 1. The Bertz CT molecular complexity index is 1640. The highest BCUT2D eigenvalue weighted by molar-refractivity contribution is 5.97. The van der Waals surface area contributed by atoms with Crippen LogP contribution < -0.4 is 11.1 Å². The van der Waals surface area contributed by atoms with Crippen LogP contribution in [0.2, 0.25) is 0 Å². The van der Waals surface area contributed by atoms with E-state index in [0.29, 0.717) is 0 Å². The normalized spacial score (nSPS) is 15.9. The predicted molar refractivity (Wildman–Crippen MR) is 121 cm³/mol. The maximum absolute atomic E-state index is 15.7. The summed E-state index contributed by atoms with van der Waals surface area (Å²) < 4.78 is 107. The second kappa shape index (κ2) is 8.99. The van der Waals surface area contributed by atoms with E-state index in [1.165, 1.54) is 22.8 Å². The first-order valence-corrected chi connectivity index (χ1v) is 10.00. The fourth-order valence-electron chi connectivity index (χ4n) is 3.46. The van der Waals surface area contributed by atoms with Crippen molar-refractivity contribution in [3.8, 4) is 11.1 Å². The summed E-state index contributed by atoms with van der Waals surface area (Å²) in [5.74, 6) is -8.84. The van der Waals surface area contributed by atoms with Gasteiger partial charge in [-0.15, -0.1) is 5.10 Å². The summed E-state index contributed by atoms with van der Waals surface area (Å²) >= 11 is 0. The fourth-order valence-corrected chi connectivity index (χ4v) is 3.46. The van der Waals surface area contributed by atoms with Gasteiger partial charge in [0.2, 0.25) is 5.95 Å². The molecule has 4 rings (SSSR count). The predicted octanol–water partition coefficient (Wildman–Crippen LogP) is 3.97. The van der Waals surface area contributed by atoms with Crippen LogP contribution in [0.15, 0.2) is 48.7 Å². The molecule has 0 aliphatic carbocycles. The lowest BCUT2D eigenvalue weighted by Crippen LogP contribution is -2.41. The van der Waals surface area contributed by atoms with Gasteiger partial charge in [-0.25, -0.2) is 22.1 Å². The number of aromatic nitrogens is 3. The summed E-state index contributed by atoms with van der Waals surface area (Å²) in [5, 5.41) is 15.8. The van der Waals surface area contributed by atoms with Crippen LogP contribution in [0, 0.1) is 25.3 Å². The minimum Gasteiger partial charge on any atom is -0.382 e. The van der Waals surface area contributed by atoms with Gasteiger partial charge >= 0.3 is 0 Å². The van der Waals surface area contributed by atoms with Crippen molar-refractivity contribution >= 4 is 17.5 Å². The number of aliphatic hydroxyl groups excluding tert-OH is 1. The van der Waals surface area contributed by atoms with Crippen molar-refractivity contribution in [1.29, 1.82) is 0 Å². The lowest BCUT2D eigenvalue weighted by Gasteiger charge is -2.24. The minimum atomic E-state index is -4.29. The van der Waals surface area contributed by atoms with Crippen molar-refractivity contribution in [3.05, 3.63) is 82.5 Å². The highest BCUT2D eigenvalue weighted by Crippen LogP contribution is 2.33.